The number of rotatable bonds is 4. The molecule has 3 aromatic rings. The van der Waals surface area contributed by atoms with Gasteiger partial charge in [-0.05, 0) is 18.2 Å². The number of hydrogen-bond acceptors (Lipinski definition) is 2. The van der Waals surface area contributed by atoms with Crippen molar-refractivity contribution in [3.05, 3.63) is 76.7 Å². The van der Waals surface area contributed by atoms with Crippen molar-refractivity contribution in [2.24, 2.45) is 0 Å². The Morgan fingerprint density at radius 3 is 2.58 bits per heavy atom. The summed E-state index contributed by atoms with van der Waals surface area (Å²) < 4.78 is 41.5. The summed E-state index contributed by atoms with van der Waals surface area (Å²) in [5.41, 5.74) is 0.196. The van der Waals surface area contributed by atoms with Crippen LogP contribution < -0.4 is 10.6 Å². The molecule has 5 nitrogen and oxygen atoms in total. The summed E-state index contributed by atoms with van der Waals surface area (Å²) in [5, 5.41) is 8.75. The summed E-state index contributed by atoms with van der Waals surface area (Å²) >= 11 is 6.01. The molecule has 0 aliphatic rings. The van der Waals surface area contributed by atoms with E-state index >= 15 is 0 Å². The van der Waals surface area contributed by atoms with Crippen LogP contribution in [0.15, 0.2) is 48.7 Å². The van der Waals surface area contributed by atoms with Crippen LogP contribution in [0.3, 0.4) is 0 Å². The number of nitrogens with one attached hydrogen (secondary N) is 2. The van der Waals surface area contributed by atoms with E-state index < -0.39 is 23.5 Å². The number of carbonyl (C=O) groups is 1. The molecule has 0 bridgehead atoms. The number of amides is 2. The third-order valence-electron chi connectivity index (χ3n) is 3.42. The van der Waals surface area contributed by atoms with E-state index in [0.29, 0.717) is 11.6 Å². The highest BCUT2D eigenvalue weighted by molar-refractivity contribution is 6.33. The lowest BCUT2D eigenvalue weighted by Gasteiger charge is -2.07. The Balaban J connectivity index is 1.69. The Morgan fingerprint density at radius 2 is 1.85 bits per heavy atom. The minimum Gasteiger partial charge on any atom is -0.305 e. The van der Waals surface area contributed by atoms with Gasteiger partial charge in [0.2, 0.25) is 0 Å². The van der Waals surface area contributed by atoms with Gasteiger partial charge in [-0.1, -0.05) is 29.8 Å². The number of nitrogens with zero attached hydrogens (tertiary/aromatic N) is 2. The van der Waals surface area contributed by atoms with E-state index in [1.807, 2.05) is 0 Å². The summed E-state index contributed by atoms with van der Waals surface area (Å²) in [6, 6.07) is 8.11. The fourth-order valence-electron chi connectivity index (χ4n) is 2.22. The van der Waals surface area contributed by atoms with Gasteiger partial charge in [0.05, 0.1) is 12.2 Å². The van der Waals surface area contributed by atoms with E-state index in [4.69, 9.17) is 11.6 Å². The van der Waals surface area contributed by atoms with E-state index in [9.17, 15) is 18.0 Å². The first-order chi connectivity index (χ1) is 12.4. The van der Waals surface area contributed by atoms with Crippen molar-refractivity contribution in [3.63, 3.8) is 0 Å². The van der Waals surface area contributed by atoms with Gasteiger partial charge in [-0.15, -0.1) is 0 Å². The Bertz CT molecular complexity index is 961. The number of carbonyl (C=O) groups excluding carboxylic acids is 1. The van der Waals surface area contributed by atoms with Crippen LogP contribution in [0.25, 0.3) is 0 Å². The Morgan fingerprint density at radius 1 is 1.08 bits per heavy atom. The standard InChI is InChI=1S/C17H12ClF3N4O/c18-12-9-25(8-10-3-1-2-4-13(10)20)24-16(12)23-17(26)22-15-6-5-11(19)7-14(15)21/h1-7,9H,8H2,(H2,22,23,24,26). The Labute approximate surface area is 151 Å². The highest BCUT2D eigenvalue weighted by Crippen LogP contribution is 2.21. The third-order valence-corrected chi connectivity index (χ3v) is 3.70. The van der Waals surface area contributed by atoms with Crippen LogP contribution in [0.5, 0.6) is 0 Å². The van der Waals surface area contributed by atoms with Gasteiger partial charge in [0, 0.05) is 17.8 Å². The normalized spacial score (nSPS) is 10.6. The van der Waals surface area contributed by atoms with Gasteiger partial charge in [0.25, 0.3) is 0 Å². The zero-order valence-corrected chi connectivity index (χ0v) is 13.9. The number of urea groups is 1. The summed E-state index contributed by atoms with van der Waals surface area (Å²) in [5.74, 6) is -2.05. The van der Waals surface area contributed by atoms with Crippen LogP contribution in [-0.2, 0) is 6.54 Å². The van der Waals surface area contributed by atoms with Crippen molar-refractivity contribution in [2.75, 3.05) is 10.6 Å². The second kappa shape index (κ2) is 7.49. The number of aromatic nitrogens is 2. The highest BCUT2D eigenvalue weighted by atomic mass is 35.5. The van der Waals surface area contributed by atoms with Crippen molar-refractivity contribution in [1.29, 1.82) is 0 Å². The van der Waals surface area contributed by atoms with E-state index in [1.54, 1.807) is 18.2 Å². The molecule has 2 N–H and O–H groups in total. The van der Waals surface area contributed by atoms with Crippen molar-refractivity contribution in [2.45, 2.75) is 6.54 Å². The van der Waals surface area contributed by atoms with Gasteiger partial charge >= 0.3 is 6.03 Å². The van der Waals surface area contributed by atoms with Crippen LogP contribution in [0.2, 0.25) is 5.02 Å². The number of benzene rings is 2. The molecule has 134 valence electrons. The molecule has 1 aromatic heterocycles. The molecule has 3 rings (SSSR count). The fourth-order valence-corrected chi connectivity index (χ4v) is 2.41. The SMILES string of the molecule is O=C(Nc1ccc(F)cc1F)Nc1nn(Cc2ccccc2F)cc1Cl. The van der Waals surface area contributed by atoms with Crippen LogP contribution in [0.1, 0.15) is 5.56 Å². The van der Waals surface area contributed by atoms with Crippen molar-refractivity contribution in [1.82, 2.24) is 9.78 Å². The molecule has 0 radical (unpaired) electrons. The minimum absolute atomic E-state index is 0.0167. The first kappa shape index (κ1) is 17.8. The maximum Gasteiger partial charge on any atom is 0.325 e. The minimum atomic E-state index is -0.920. The monoisotopic (exact) mass is 380 g/mol. The molecule has 0 aliphatic heterocycles. The lowest BCUT2D eigenvalue weighted by molar-refractivity contribution is 0.262. The molecular weight excluding hydrogens is 369 g/mol. The van der Waals surface area contributed by atoms with Crippen LogP contribution in [0, 0.1) is 17.5 Å². The average molecular weight is 381 g/mol. The second-order valence-corrected chi connectivity index (χ2v) is 5.73. The first-order valence-corrected chi connectivity index (χ1v) is 7.79. The predicted molar refractivity (Wildman–Crippen MR) is 91.7 cm³/mol. The largest absolute Gasteiger partial charge is 0.325 e. The molecule has 0 unspecified atom stereocenters. The zero-order valence-electron chi connectivity index (χ0n) is 13.1. The smallest absolute Gasteiger partial charge is 0.305 e. The highest BCUT2D eigenvalue weighted by Gasteiger charge is 2.13. The average Bonchev–Trinajstić information content (AvgIpc) is 2.92. The van der Waals surface area contributed by atoms with Gasteiger partial charge in [0.15, 0.2) is 5.82 Å². The molecule has 2 amide bonds. The second-order valence-electron chi connectivity index (χ2n) is 5.32. The van der Waals surface area contributed by atoms with Gasteiger partial charge in [-0.25, -0.2) is 18.0 Å². The summed E-state index contributed by atoms with van der Waals surface area (Å²) in [7, 11) is 0. The lowest BCUT2D eigenvalue weighted by atomic mass is 10.2. The van der Waals surface area contributed by atoms with Crippen molar-refractivity contribution in [3.8, 4) is 0 Å². The molecule has 0 spiro atoms. The molecule has 9 heteroatoms. The van der Waals surface area contributed by atoms with Crippen LogP contribution in [0.4, 0.5) is 29.5 Å². The maximum absolute atomic E-state index is 13.7. The Kier molecular flexibility index (Phi) is 5.13. The Hall–Kier alpha value is -3.00. The van der Waals surface area contributed by atoms with Gasteiger partial charge < -0.3 is 5.32 Å². The van der Waals surface area contributed by atoms with E-state index in [-0.39, 0.29) is 23.1 Å². The van der Waals surface area contributed by atoms with Crippen molar-refractivity contribution < 1.29 is 18.0 Å². The molecule has 0 aliphatic carbocycles. The predicted octanol–water partition coefficient (Wildman–Crippen LogP) is 4.65. The van der Waals surface area contributed by atoms with Gasteiger partial charge in [-0.3, -0.25) is 10.00 Å². The number of anilines is 2. The van der Waals surface area contributed by atoms with E-state index in [0.717, 1.165) is 12.1 Å². The summed E-state index contributed by atoms with van der Waals surface area (Å²) in [4.78, 5) is 11.9. The fraction of sp³-hybridized carbons (Fsp3) is 0.0588. The molecule has 1 heterocycles. The molecular formula is C17H12ClF3N4O. The van der Waals surface area contributed by atoms with E-state index in [2.05, 4.69) is 15.7 Å². The van der Waals surface area contributed by atoms with Crippen molar-refractivity contribution >= 4 is 29.1 Å². The zero-order chi connectivity index (χ0) is 18.7. The van der Waals surface area contributed by atoms with Crippen LogP contribution in [-0.4, -0.2) is 15.8 Å². The van der Waals surface area contributed by atoms with Gasteiger partial charge in [0.1, 0.15) is 22.5 Å². The summed E-state index contributed by atoms with van der Waals surface area (Å²) in [6.07, 6.45) is 1.42. The molecule has 2 aromatic carbocycles. The molecule has 26 heavy (non-hydrogen) atoms. The number of halogens is 4. The molecule has 0 fully saturated rings. The topological polar surface area (TPSA) is 59.0 Å². The lowest BCUT2D eigenvalue weighted by Crippen LogP contribution is -2.20. The van der Waals surface area contributed by atoms with Gasteiger partial charge in [-0.2, -0.15) is 5.10 Å². The number of hydrogen-bond donors (Lipinski definition) is 2. The first-order valence-electron chi connectivity index (χ1n) is 7.42. The quantitative estimate of drug-likeness (QED) is 0.692. The van der Waals surface area contributed by atoms with Crippen LogP contribution >= 0.6 is 11.6 Å². The van der Waals surface area contributed by atoms with E-state index in [1.165, 1.54) is 16.9 Å². The molecule has 0 atom stereocenters. The third kappa shape index (κ3) is 4.15. The molecule has 0 saturated carbocycles. The molecule has 0 saturated heterocycles. The maximum atomic E-state index is 13.7. The summed E-state index contributed by atoms with van der Waals surface area (Å²) in [6.45, 7) is 0.113.